The number of rotatable bonds is 3. The van der Waals surface area contributed by atoms with Gasteiger partial charge in [0.2, 0.25) is 0 Å². The average Bonchev–Trinajstić information content (AvgIpc) is 2.36. The molecule has 0 aromatic heterocycles. The summed E-state index contributed by atoms with van der Waals surface area (Å²) in [5, 5.41) is 0.481. The molecular weight excluding hydrogens is 291 g/mol. The highest BCUT2D eigenvalue weighted by molar-refractivity contribution is 7.69. The molecule has 0 nitrogen and oxygen atoms in total. The van der Waals surface area contributed by atoms with E-state index in [0.717, 1.165) is 4.91 Å². The lowest BCUT2D eigenvalue weighted by atomic mass is 9.96. The second-order valence-electron chi connectivity index (χ2n) is 9.19. The van der Waals surface area contributed by atoms with Crippen molar-refractivity contribution in [1.82, 2.24) is 0 Å². The Morgan fingerprint density at radius 3 is 1.70 bits per heavy atom. The summed E-state index contributed by atoms with van der Waals surface area (Å²) in [7, 11) is -2.02. The molecule has 0 N–H and O–H groups in total. The highest BCUT2D eigenvalue weighted by atomic mass is 31.1. The smallest absolute Gasteiger partial charge is 0.0492 e. The van der Waals surface area contributed by atoms with E-state index in [4.69, 9.17) is 0 Å². The Morgan fingerprint density at radius 1 is 0.900 bits per heavy atom. The zero-order valence-electron chi connectivity index (χ0n) is 15.2. The summed E-state index contributed by atoms with van der Waals surface area (Å²) in [4.78, 5) is 1.09. The Morgan fingerprint density at radius 2 is 1.35 bits per heavy atom. The maximum atomic E-state index is 2.62. The van der Waals surface area contributed by atoms with Gasteiger partial charge < -0.3 is 0 Å². The summed E-state index contributed by atoms with van der Waals surface area (Å²) >= 11 is 0. The van der Waals surface area contributed by atoms with Crippen molar-refractivity contribution in [3.8, 4) is 0 Å². The Kier molecular flexibility index (Phi) is 3.90. The van der Waals surface area contributed by atoms with Crippen molar-refractivity contribution in [2.75, 3.05) is 6.16 Å². The predicted octanol–water partition coefficient (Wildman–Crippen LogP) is 6.03. The molecule has 2 unspecified atom stereocenters. The number of hydrogen-bond acceptors (Lipinski definition) is 0. The molecule has 114 valence electrons. The van der Waals surface area contributed by atoms with Crippen LogP contribution in [0.25, 0.3) is 0 Å². The average molecular weight is 325 g/mol. The predicted molar refractivity (Wildman–Crippen MR) is 102 cm³/mol. The SMILES string of the molecule is CC1=C(C)C2(C)C(=C1C)CP2C([Si](C)(C)C)[Si](C)(C)C. The van der Waals surface area contributed by atoms with E-state index in [0.29, 0.717) is 5.16 Å². The molecule has 0 amide bonds. The normalized spacial score (nSPS) is 31.1. The van der Waals surface area contributed by atoms with Crippen molar-refractivity contribution in [1.29, 1.82) is 0 Å². The van der Waals surface area contributed by atoms with E-state index < -0.39 is 16.1 Å². The van der Waals surface area contributed by atoms with Crippen LogP contribution in [0.1, 0.15) is 27.7 Å². The molecule has 2 rings (SSSR count). The largest absolute Gasteiger partial charge is 0.0901 e. The van der Waals surface area contributed by atoms with Gasteiger partial charge in [-0.2, -0.15) is 0 Å². The second kappa shape index (κ2) is 4.67. The van der Waals surface area contributed by atoms with Crippen molar-refractivity contribution in [3.63, 3.8) is 0 Å². The van der Waals surface area contributed by atoms with Gasteiger partial charge in [0, 0.05) is 21.3 Å². The van der Waals surface area contributed by atoms with Gasteiger partial charge >= 0.3 is 0 Å². The fourth-order valence-electron chi connectivity index (χ4n) is 4.95. The van der Waals surface area contributed by atoms with Gasteiger partial charge in [0.05, 0.1) is 0 Å². The Hall–Kier alpha value is 0.344. The molecule has 0 aromatic rings. The van der Waals surface area contributed by atoms with Crippen molar-refractivity contribution < 1.29 is 0 Å². The van der Waals surface area contributed by atoms with E-state index in [9.17, 15) is 0 Å². The maximum absolute atomic E-state index is 2.62. The Balaban J connectivity index is 2.47. The van der Waals surface area contributed by atoms with Gasteiger partial charge in [-0.3, -0.25) is 0 Å². The molecule has 3 heteroatoms. The highest BCUT2D eigenvalue weighted by Crippen LogP contribution is 2.75. The van der Waals surface area contributed by atoms with Crippen LogP contribution in [-0.4, -0.2) is 32.4 Å². The van der Waals surface area contributed by atoms with Gasteiger partial charge in [-0.05, 0) is 55.5 Å². The van der Waals surface area contributed by atoms with E-state index in [1.54, 1.807) is 22.3 Å². The van der Waals surface area contributed by atoms with E-state index in [2.05, 4.69) is 67.0 Å². The first-order valence-corrected chi connectivity index (χ1v) is 16.7. The summed E-state index contributed by atoms with van der Waals surface area (Å²) in [5.41, 5.74) is 6.76. The van der Waals surface area contributed by atoms with Gasteiger partial charge in [0.1, 0.15) is 0 Å². The van der Waals surface area contributed by atoms with Gasteiger partial charge in [-0.15, -0.1) is 0 Å². The van der Waals surface area contributed by atoms with Crippen LogP contribution >= 0.6 is 7.92 Å². The lowest BCUT2D eigenvalue weighted by Gasteiger charge is -2.58. The molecule has 0 radical (unpaired) electrons. The molecule has 1 heterocycles. The monoisotopic (exact) mass is 324 g/mol. The molecule has 20 heavy (non-hydrogen) atoms. The van der Waals surface area contributed by atoms with Crippen LogP contribution in [0.2, 0.25) is 39.3 Å². The fourth-order valence-corrected chi connectivity index (χ4v) is 27.7. The van der Waals surface area contributed by atoms with E-state index >= 15 is 0 Å². The Bertz CT molecular complexity index is 468. The zero-order chi connectivity index (χ0) is 15.7. The third kappa shape index (κ3) is 2.18. The number of fused-ring (bicyclic) bond motifs is 1. The minimum Gasteiger partial charge on any atom is -0.0901 e. The van der Waals surface area contributed by atoms with Gasteiger partial charge in [0.25, 0.3) is 0 Å². The van der Waals surface area contributed by atoms with E-state index in [-0.39, 0.29) is 7.92 Å². The van der Waals surface area contributed by atoms with Crippen molar-refractivity contribution in [3.05, 3.63) is 22.3 Å². The Labute approximate surface area is 129 Å². The minimum atomic E-state index is -1.09. The van der Waals surface area contributed by atoms with Crippen molar-refractivity contribution >= 4 is 24.1 Å². The van der Waals surface area contributed by atoms with E-state index in [1.165, 1.54) is 6.16 Å². The van der Waals surface area contributed by atoms with Crippen LogP contribution in [0.3, 0.4) is 0 Å². The molecule has 1 fully saturated rings. The standard InChI is InChI=1S/C17H33PSi2/c1-12-13(2)15-11-18(17(15,4)14(12)3)16(19(5,6)7)20(8,9)10/h16H,11H2,1-10H3. The van der Waals surface area contributed by atoms with Crippen molar-refractivity contribution in [2.24, 2.45) is 0 Å². The van der Waals surface area contributed by atoms with Crippen LogP contribution < -0.4 is 0 Å². The van der Waals surface area contributed by atoms with Crippen LogP contribution in [0.15, 0.2) is 22.3 Å². The molecule has 2 atom stereocenters. The van der Waals surface area contributed by atoms with Gasteiger partial charge in [-0.1, -0.05) is 52.8 Å². The number of hydrogen-bond donors (Lipinski definition) is 0. The van der Waals surface area contributed by atoms with Crippen LogP contribution in [0.4, 0.5) is 0 Å². The molecular formula is C17H33PSi2. The molecule has 1 saturated heterocycles. The highest BCUT2D eigenvalue weighted by Gasteiger charge is 2.59. The third-order valence-electron chi connectivity index (χ3n) is 5.75. The minimum absolute atomic E-state index is 0.155. The summed E-state index contributed by atoms with van der Waals surface area (Å²) < 4.78 is 0. The van der Waals surface area contributed by atoms with Crippen LogP contribution in [-0.2, 0) is 0 Å². The molecule has 2 aliphatic rings. The van der Waals surface area contributed by atoms with Crippen LogP contribution in [0, 0.1) is 0 Å². The van der Waals surface area contributed by atoms with Gasteiger partial charge in [-0.25, -0.2) is 0 Å². The summed E-state index contributed by atoms with van der Waals surface area (Å²) in [5.74, 6) is 0. The quantitative estimate of drug-likeness (QED) is 0.439. The third-order valence-corrected chi connectivity index (χ3v) is 23.8. The summed E-state index contributed by atoms with van der Waals surface area (Å²) in [6.07, 6.45) is 1.45. The molecule has 0 saturated carbocycles. The molecule has 0 bridgehead atoms. The van der Waals surface area contributed by atoms with Crippen LogP contribution in [0.5, 0.6) is 0 Å². The van der Waals surface area contributed by atoms with Gasteiger partial charge in [0.15, 0.2) is 0 Å². The van der Waals surface area contributed by atoms with E-state index in [1.807, 2.05) is 0 Å². The lowest BCUT2D eigenvalue weighted by Crippen LogP contribution is -2.58. The molecule has 1 aliphatic heterocycles. The summed E-state index contributed by atoms with van der Waals surface area (Å²) in [6, 6.07) is 0. The molecule has 0 spiro atoms. The first-order valence-electron chi connectivity index (χ1n) is 7.98. The molecule has 0 aromatic carbocycles. The van der Waals surface area contributed by atoms with Crippen molar-refractivity contribution in [2.45, 2.75) is 77.0 Å². The maximum Gasteiger partial charge on any atom is 0.0492 e. The fraction of sp³-hybridized carbons (Fsp3) is 0.765. The topological polar surface area (TPSA) is 0 Å². The molecule has 1 aliphatic carbocycles. The first-order chi connectivity index (χ1) is 8.83. The second-order valence-corrected chi connectivity index (χ2v) is 24.0. The number of allylic oxidation sites excluding steroid dienone is 4. The summed E-state index contributed by atoms with van der Waals surface area (Å²) in [6.45, 7) is 25.5. The lowest BCUT2D eigenvalue weighted by molar-refractivity contribution is 0.807. The zero-order valence-corrected chi connectivity index (χ0v) is 18.1. The first kappa shape index (κ1) is 16.7.